The van der Waals surface area contributed by atoms with E-state index < -0.39 is 11.8 Å². The van der Waals surface area contributed by atoms with Gasteiger partial charge in [-0.3, -0.25) is 0 Å². The maximum absolute atomic E-state index is 11.2. The Morgan fingerprint density at radius 1 is 1.32 bits per heavy atom. The lowest BCUT2D eigenvalue weighted by atomic mass is 9.70. The van der Waals surface area contributed by atoms with Crippen LogP contribution in [0.4, 0.5) is 4.79 Å². The fourth-order valence-corrected chi connectivity index (χ4v) is 3.25. The Morgan fingerprint density at radius 3 is 2.53 bits per heavy atom. The lowest BCUT2D eigenvalue weighted by Crippen LogP contribution is -2.28. The molecule has 1 saturated heterocycles. The number of carbonyl (C=O) groups is 1. The summed E-state index contributed by atoms with van der Waals surface area (Å²) in [7, 11) is 0. The average Bonchev–Trinajstić information content (AvgIpc) is 2.51. The van der Waals surface area contributed by atoms with Gasteiger partial charge in [0.1, 0.15) is 5.76 Å². The van der Waals surface area contributed by atoms with Gasteiger partial charge in [-0.1, -0.05) is 31.6 Å². The van der Waals surface area contributed by atoms with E-state index in [1.165, 1.54) is 30.4 Å². The summed E-state index contributed by atoms with van der Waals surface area (Å²) in [4.78, 5) is 11.2. The molecule has 19 heavy (non-hydrogen) atoms. The second-order valence-electron chi connectivity index (χ2n) is 6.60. The Kier molecular flexibility index (Phi) is 3.50. The first-order chi connectivity index (χ1) is 8.74. The highest BCUT2D eigenvalue weighted by atomic mass is 16.8. The molecule has 106 valence electrons. The molecule has 0 radical (unpaired) electrons. The van der Waals surface area contributed by atoms with Crippen molar-refractivity contribution in [3.05, 3.63) is 23.5 Å². The molecule has 0 aromatic carbocycles. The molecule has 0 bridgehead atoms. The van der Waals surface area contributed by atoms with Gasteiger partial charge in [0.05, 0.1) is 0 Å². The molecule has 0 aromatic heterocycles. The second kappa shape index (κ2) is 4.69. The molecular weight excluding hydrogens is 240 g/mol. The Bertz CT molecular complexity index is 445. The van der Waals surface area contributed by atoms with Crippen LogP contribution in [0.1, 0.15) is 59.8 Å². The summed E-state index contributed by atoms with van der Waals surface area (Å²) in [6.07, 6.45) is 4.74. The van der Waals surface area contributed by atoms with E-state index in [2.05, 4.69) is 27.4 Å². The lowest BCUT2D eigenvalue weighted by molar-refractivity contribution is 0.0707. The number of ether oxygens (including phenoxy) is 2. The third-order valence-electron chi connectivity index (χ3n) is 4.64. The largest absolute Gasteiger partial charge is 0.514 e. The number of hydrogen-bond donors (Lipinski definition) is 0. The maximum Gasteiger partial charge on any atom is 0.514 e. The summed E-state index contributed by atoms with van der Waals surface area (Å²) in [5.74, 6) is 0.435. The molecule has 3 nitrogen and oxygen atoms in total. The van der Waals surface area contributed by atoms with Crippen LogP contribution in [0.5, 0.6) is 0 Å². The van der Waals surface area contributed by atoms with Crippen molar-refractivity contribution in [3.63, 3.8) is 0 Å². The molecule has 1 aliphatic heterocycles. The van der Waals surface area contributed by atoms with Crippen LogP contribution in [0.15, 0.2) is 23.5 Å². The van der Waals surface area contributed by atoms with E-state index in [0.29, 0.717) is 5.76 Å². The number of carbonyl (C=O) groups excluding carboxylic acids is 1. The van der Waals surface area contributed by atoms with E-state index in [1.54, 1.807) is 0 Å². The smallest absolute Gasteiger partial charge is 0.419 e. The molecule has 0 spiro atoms. The monoisotopic (exact) mass is 264 g/mol. The van der Waals surface area contributed by atoms with Crippen molar-refractivity contribution < 1.29 is 14.3 Å². The van der Waals surface area contributed by atoms with Gasteiger partial charge in [-0.25, -0.2) is 4.79 Å². The molecule has 2 rings (SSSR count). The van der Waals surface area contributed by atoms with Crippen LogP contribution in [-0.2, 0) is 9.47 Å². The second-order valence-corrected chi connectivity index (χ2v) is 6.60. The van der Waals surface area contributed by atoms with Gasteiger partial charge in [-0.15, -0.1) is 0 Å². The minimum absolute atomic E-state index is 0.253. The summed E-state index contributed by atoms with van der Waals surface area (Å²) < 4.78 is 10.2. The Labute approximate surface area is 115 Å². The van der Waals surface area contributed by atoms with E-state index in [0.717, 1.165) is 12.8 Å². The van der Waals surface area contributed by atoms with Gasteiger partial charge in [0.2, 0.25) is 0 Å². The summed E-state index contributed by atoms with van der Waals surface area (Å²) >= 11 is 0. The van der Waals surface area contributed by atoms with Gasteiger partial charge in [0, 0.05) is 0 Å². The van der Waals surface area contributed by atoms with Gasteiger partial charge < -0.3 is 9.47 Å². The van der Waals surface area contributed by atoms with E-state index in [9.17, 15) is 4.79 Å². The summed E-state index contributed by atoms with van der Waals surface area (Å²) in [6.45, 7) is 12.5. The predicted octanol–water partition coefficient (Wildman–Crippen LogP) is 4.73. The topological polar surface area (TPSA) is 35.5 Å². The number of hydrogen-bond acceptors (Lipinski definition) is 3. The lowest BCUT2D eigenvalue weighted by Gasteiger charge is -2.36. The molecule has 0 N–H and O–H groups in total. The van der Waals surface area contributed by atoms with Gasteiger partial charge in [-0.2, -0.15) is 0 Å². The predicted molar refractivity (Wildman–Crippen MR) is 74.7 cm³/mol. The highest BCUT2D eigenvalue weighted by molar-refractivity contribution is 5.66. The van der Waals surface area contributed by atoms with Gasteiger partial charge >= 0.3 is 6.16 Å². The van der Waals surface area contributed by atoms with Crippen molar-refractivity contribution in [1.82, 2.24) is 0 Å². The number of rotatable bonds is 3. The van der Waals surface area contributed by atoms with E-state index in [1.807, 2.05) is 6.92 Å². The van der Waals surface area contributed by atoms with Crippen molar-refractivity contribution in [2.45, 2.75) is 65.4 Å². The molecule has 2 aliphatic rings. The summed E-state index contributed by atoms with van der Waals surface area (Å²) in [5.41, 5.74) is 2.59. The van der Waals surface area contributed by atoms with Gasteiger partial charge in [-0.05, 0) is 51.4 Å². The first kappa shape index (κ1) is 14.2. The van der Waals surface area contributed by atoms with Crippen molar-refractivity contribution in [2.75, 3.05) is 0 Å². The van der Waals surface area contributed by atoms with E-state index >= 15 is 0 Å². The molecule has 1 fully saturated rings. The molecule has 1 heterocycles. The Balaban J connectivity index is 2.10. The standard InChI is InChI=1S/C16H24O3/c1-11-7-6-9-15(3,4)13(11)8-10-16(5)12(2)18-14(17)19-16/h2,6-10H2,1,3-5H3. The normalized spacial score (nSPS) is 30.3. The quantitative estimate of drug-likeness (QED) is 0.546. The molecule has 1 aliphatic carbocycles. The molecule has 0 amide bonds. The third-order valence-corrected chi connectivity index (χ3v) is 4.64. The van der Waals surface area contributed by atoms with Gasteiger partial charge in [0.15, 0.2) is 5.60 Å². The minimum atomic E-state index is -0.669. The van der Waals surface area contributed by atoms with Crippen LogP contribution in [0.2, 0.25) is 0 Å². The molecule has 0 saturated carbocycles. The summed E-state index contributed by atoms with van der Waals surface area (Å²) in [6, 6.07) is 0. The van der Waals surface area contributed by atoms with Crippen molar-refractivity contribution >= 4 is 6.16 Å². The molecule has 3 heteroatoms. The van der Waals surface area contributed by atoms with Crippen LogP contribution in [0.3, 0.4) is 0 Å². The average molecular weight is 264 g/mol. The maximum atomic E-state index is 11.2. The molecular formula is C16H24O3. The zero-order valence-corrected chi connectivity index (χ0v) is 12.5. The first-order valence-electron chi connectivity index (χ1n) is 7.04. The van der Waals surface area contributed by atoms with Crippen LogP contribution < -0.4 is 0 Å². The molecule has 0 aromatic rings. The third kappa shape index (κ3) is 2.70. The number of allylic oxidation sites excluding steroid dienone is 2. The van der Waals surface area contributed by atoms with Crippen LogP contribution in [0.25, 0.3) is 0 Å². The van der Waals surface area contributed by atoms with E-state index in [4.69, 9.17) is 9.47 Å². The highest BCUT2D eigenvalue weighted by Crippen LogP contribution is 2.44. The van der Waals surface area contributed by atoms with Crippen LogP contribution >= 0.6 is 0 Å². The van der Waals surface area contributed by atoms with Crippen LogP contribution in [0, 0.1) is 5.41 Å². The fourth-order valence-electron chi connectivity index (χ4n) is 3.25. The zero-order valence-electron chi connectivity index (χ0n) is 12.5. The summed E-state index contributed by atoms with van der Waals surface area (Å²) in [5, 5.41) is 0. The fraction of sp³-hybridized carbons (Fsp3) is 0.688. The Morgan fingerprint density at radius 2 is 2.00 bits per heavy atom. The highest BCUT2D eigenvalue weighted by Gasteiger charge is 2.42. The van der Waals surface area contributed by atoms with Crippen molar-refractivity contribution in [3.8, 4) is 0 Å². The Hall–Kier alpha value is -1.25. The van der Waals surface area contributed by atoms with Crippen LogP contribution in [-0.4, -0.2) is 11.8 Å². The van der Waals surface area contributed by atoms with Gasteiger partial charge in [0.25, 0.3) is 0 Å². The number of cyclic esters (lactones) is 2. The minimum Gasteiger partial charge on any atom is -0.419 e. The van der Waals surface area contributed by atoms with Crippen molar-refractivity contribution in [1.29, 1.82) is 0 Å². The van der Waals surface area contributed by atoms with Crippen molar-refractivity contribution in [2.24, 2.45) is 5.41 Å². The molecule has 1 atom stereocenters. The first-order valence-corrected chi connectivity index (χ1v) is 7.04. The SMILES string of the molecule is C=C1OC(=O)OC1(C)CCC1=C(C)CCCC1(C)C. The van der Waals surface area contributed by atoms with E-state index in [-0.39, 0.29) is 5.41 Å². The molecule has 1 unspecified atom stereocenters. The zero-order chi connectivity index (χ0) is 14.3.